The van der Waals surface area contributed by atoms with Crippen molar-refractivity contribution in [1.82, 2.24) is 19.4 Å². The van der Waals surface area contributed by atoms with Crippen LogP contribution in [0.5, 0.6) is 0 Å². The lowest BCUT2D eigenvalue weighted by molar-refractivity contribution is -0.141. The average molecular weight is 399 g/mol. The maximum absolute atomic E-state index is 12.4. The van der Waals surface area contributed by atoms with Gasteiger partial charge in [0.15, 0.2) is 6.29 Å². The topological polar surface area (TPSA) is 84.7 Å². The predicted octanol–water partition coefficient (Wildman–Crippen LogP) is 0.990. The number of rotatable bonds is 6. The van der Waals surface area contributed by atoms with Crippen LogP contribution in [0, 0.1) is 0 Å². The Labute approximate surface area is 158 Å². The van der Waals surface area contributed by atoms with E-state index in [2.05, 4.69) is 9.88 Å². The smallest absolute Gasteiger partial charge is 0.311 e. The van der Waals surface area contributed by atoms with Gasteiger partial charge < -0.3 is 4.74 Å². The van der Waals surface area contributed by atoms with Crippen LogP contribution < -0.4 is 4.87 Å². The number of aromatic nitrogens is 2. The largest absolute Gasteiger partial charge is 0.465 e. The fourth-order valence-corrected chi connectivity index (χ4v) is 4.02. The number of thiazole rings is 1. The quantitative estimate of drug-likeness (QED) is 0.530. The van der Waals surface area contributed by atoms with Gasteiger partial charge in [0.05, 0.1) is 10.5 Å². The Hall–Kier alpha value is -1.81. The lowest BCUT2D eigenvalue weighted by Gasteiger charge is -2.37. The first-order valence-corrected chi connectivity index (χ1v) is 9.40. The maximum Gasteiger partial charge on any atom is 0.311 e. The molecule has 1 unspecified atom stereocenters. The van der Waals surface area contributed by atoms with Gasteiger partial charge in [-0.1, -0.05) is 22.9 Å². The van der Waals surface area contributed by atoms with E-state index in [1.807, 2.05) is 4.90 Å². The normalized spacial score (nSPS) is 17.3. The van der Waals surface area contributed by atoms with Crippen molar-refractivity contribution in [2.45, 2.75) is 13.1 Å². The Morgan fingerprint density at radius 1 is 1.42 bits per heavy atom. The number of aldehydes is 1. The first-order chi connectivity index (χ1) is 12.5. The van der Waals surface area contributed by atoms with Crippen LogP contribution in [0.2, 0.25) is 5.02 Å². The third kappa shape index (κ3) is 4.12. The monoisotopic (exact) mass is 398 g/mol. The third-order valence-electron chi connectivity index (χ3n) is 4.32. The molecule has 1 aliphatic rings. The van der Waals surface area contributed by atoms with E-state index < -0.39 is 6.17 Å². The fraction of sp³-hybridized carbons (Fsp3) is 0.500. The van der Waals surface area contributed by atoms with E-state index in [1.165, 1.54) is 17.7 Å². The van der Waals surface area contributed by atoms with Crippen molar-refractivity contribution >= 4 is 45.5 Å². The van der Waals surface area contributed by atoms with Gasteiger partial charge in [0.25, 0.3) is 0 Å². The summed E-state index contributed by atoms with van der Waals surface area (Å²) < 4.78 is 6.42. The molecule has 3 heterocycles. The molecular formula is C16H19ClN4O4S. The van der Waals surface area contributed by atoms with Gasteiger partial charge in [0, 0.05) is 45.8 Å². The molecule has 0 radical (unpaired) electrons. The van der Waals surface area contributed by atoms with E-state index in [9.17, 15) is 14.4 Å². The summed E-state index contributed by atoms with van der Waals surface area (Å²) >= 11 is 7.01. The van der Waals surface area contributed by atoms with Crippen LogP contribution in [0.1, 0.15) is 13.1 Å². The van der Waals surface area contributed by atoms with Crippen molar-refractivity contribution in [2.75, 3.05) is 39.3 Å². The molecular weight excluding hydrogens is 380 g/mol. The molecule has 26 heavy (non-hydrogen) atoms. The van der Waals surface area contributed by atoms with Gasteiger partial charge in [-0.3, -0.25) is 28.8 Å². The number of hydrogen-bond donors (Lipinski definition) is 0. The van der Waals surface area contributed by atoms with E-state index in [4.69, 9.17) is 16.3 Å². The molecule has 0 amide bonds. The lowest BCUT2D eigenvalue weighted by Crippen LogP contribution is -2.50. The number of pyridine rings is 1. The van der Waals surface area contributed by atoms with Crippen molar-refractivity contribution in [2.24, 2.45) is 0 Å². The molecule has 2 aromatic heterocycles. The van der Waals surface area contributed by atoms with E-state index in [0.29, 0.717) is 41.6 Å². The maximum atomic E-state index is 12.4. The summed E-state index contributed by atoms with van der Waals surface area (Å²) in [5.41, 5.74) is 0.571. The van der Waals surface area contributed by atoms with Gasteiger partial charge in [-0.25, -0.2) is 4.98 Å². The molecule has 1 aliphatic heterocycles. The number of carbonyl (C=O) groups excluding carboxylic acids is 2. The van der Waals surface area contributed by atoms with Gasteiger partial charge >= 0.3 is 10.8 Å². The number of halogens is 1. The predicted molar refractivity (Wildman–Crippen MR) is 98.6 cm³/mol. The minimum atomic E-state index is -0.688. The molecule has 1 saturated heterocycles. The van der Waals surface area contributed by atoms with Crippen molar-refractivity contribution in [3.05, 3.63) is 27.0 Å². The van der Waals surface area contributed by atoms with E-state index in [-0.39, 0.29) is 10.8 Å². The molecule has 0 N–H and O–H groups in total. The molecule has 3 rings (SSSR count). The third-order valence-corrected chi connectivity index (χ3v) is 5.41. The molecule has 0 bridgehead atoms. The van der Waals surface area contributed by atoms with E-state index >= 15 is 0 Å². The second kappa shape index (κ2) is 8.26. The minimum absolute atomic E-state index is 0.232. The molecule has 0 aliphatic carbocycles. The Morgan fingerprint density at radius 2 is 2.15 bits per heavy atom. The summed E-state index contributed by atoms with van der Waals surface area (Å²) in [5.74, 6) is -0.291. The molecule has 8 nitrogen and oxygen atoms in total. The van der Waals surface area contributed by atoms with Crippen molar-refractivity contribution < 1.29 is 14.3 Å². The molecule has 0 spiro atoms. The molecule has 2 aromatic rings. The Balaban J connectivity index is 1.72. The number of carbonyl (C=O) groups is 2. The number of esters is 1. The van der Waals surface area contributed by atoms with Crippen LogP contribution >= 0.6 is 22.9 Å². The van der Waals surface area contributed by atoms with Gasteiger partial charge in [-0.15, -0.1) is 0 Å². The van der Waals surface area contributed by atoms with E-state index in [1.54, 1.807) is 6.07 Å². The fourth-order valence-electron chi connectivity index (χ4n) is 3.03. The Morgan fingerprint density at radius 3 is 2.81 bits per heavy atom. The molecule has 140 valence electrons. The van der Waals surface area contributed by atoms with Gasteiger partial charge in [-0.2, -0.15) is 0 Å². The number of piperazine rings is 1. The second-order valence-electron chi connectivity index (χ2n) is 5.98. The molecule has 1 atom stereocenters. The van der Waals surface area contributed by atoms with Gasteiger partial charge in [0.2, 0.25) is 0 Å². The summed E-state index contributed by atoms with van der Waals surface area (Å²) in [7, 11) is 0. The minimum Gasteiger partial charge on any atom is -0.465 e. The Kier molecular flexibility index (Phi) is 6.02. The second-order valence-corrected chi connectivity index (χ2v) is 7.36. The van der Waals surface area contributed by atoms with Crippen LogP contribution in [0.3, 0.4) is 0 Å². The molecule has 1 fully saturated rings. The molecule has 10 heteroatoms. The van der Waals surface area contributed by atoms with Crippen molar-refractivity contribution in [3.63, 3.8) is 0 Å². The highest BCUT2D eigenvalue weighted by Gasteiger charge is 2.27. The zero-order valence-corrected chi connectivity index (χ0v) is 15.8. The highest BCUT2D eigenvalue weighted by molar-refractivity contribution is 7.16. The highest BCUT2D eigenvalue weighted by atomic mass is 35.5. The zero-order valence-electron chi connectivity index (χ0n) is 14.3. The standard InChI is InChI=1S/C16H19ClN4O4S/c1-11(23)25-7-6-19-2-4-20(5-3-19)14(10-22)21-13-8-12(17)9-18-15(13)26-16(21)24/h8-10,14H,2-7H2,1H3. The zero-order chi connectivity index (χ0) is 18.7. The summed E-state index contributed by atoms with van der Waals surface area (Å²) in [4.78, 5) is 43.7. The number of hydrogen-bond acceptors (Lipinski definition) is 8. The van der Waals surface area contributed by atoms with Gasteiger partial charge in [-0.05, 0) is 6.07 Å². The summed E-state index contributed by atoms with van der Waals surface area (Å²) in [5, 5.41) is 0.420. The van der Waals surface area contributed by atoms with Crippen LogP contribution in [0.25, 0.3) is 10.3 Å². The first kappa shape index (κ1) is 19.0. The first-order valence-electron chi connectivity index (χ1n) is 8.21. The molecule has 0 aromatic carbocycles. The van der Waals surface area contributed by atoms with Crippen LogP contribution in [0.15, 0.2) is 17.1 Å². The van der Waals surface area contributed by atoms with Gasteiger partial charge in [0.1, 0.15) is 17.6 Å². The van der Waals surface area contributed by atoms with Crippen molar-refractivity contribution in [1.29, 1.82) is 0 Å². The number of nitrogens with zero attached hydrogens (tertiary/aromatic N) is 4. The SMILES string of the molecule is CC(=O)OCCN1CCN(C(C=O)n2c(=O)sc3ncc(Cl)cc32)CC1. The highest BCUT2D eigenvalue weighted by Crippen LogP contribution is 2.23. The van der Waals surface area contributed by atoms with Crippen LogP contribution in [0.4, 0.5) is 0 Å². The summed E-state index contributed by atoms with van der Waals surface area (Å²) in [6, 6.07) is 1.66. The number of ether oxygens (including phenoxy) is 1. The summed E-state index contributed by atoms with van der Waals surface area (Å²) in [6.45, 7) is 5.09. The van der Waals surface area contributed by atoms with E-state index in [0.717, 1.165) is 30.7 Å². The van der Waals surface area contributed by atoms with Crippen LogP contribution in [-0.2, 0) is 14.3 Å². The summed E-state index contributed by atoms with van der Waals surface area (Å²) in [6.07, 6.45) is 1.58. The number of fused-ring (bicyclic) bond motifs is 1. The molecule has 0 saturated carbocycles. The average Bonchev–Trinajstić information content (AvgIpc) is 2.92. The van der Waals surface area contributed by atoms with Crippen LogP contribution in [-0.4, -0.2) is 70.9 Å². The lowest BCUT2D eigenvalue weighted by atomic mass is 10.3. The van der Waals surface area contributed by atoms with Crippen molar-refractivity contribution in [3.8, 4) is 0 Å². The Bertz CT molecular complexity index is 860.